The maximum atomic E-state index is 9.61. The summed E-state index contributed by atoms with van der Waals surface area (Å²) in [5.74, 6) is 0. The van der Waals surface area contributed by atoms with Gasteiger partial charge in [-0.2, -0.15) is 4.57 Å². The molecule has 0 fully saturated rings. The highest BCUT2D eigenvalue weighted by atomic mass is 35.5. The molecule has 0 bridgehead atoms. The van der Waals surface area contributed by atoms with Crippen LogP contribution >= 0.6 is 0 Å². The number of aromatic nitrogens is 2. The average molecular weight is 419 g/mol. The van der Waals surface area contributed by atoms with Crippen molar-refractivity contribution in [1.82, 2.24) is 4.57 Å². The normalized spacial score (nSPS) is 11.2. The summed E-state index contributed by atoms with van der Waals surface area (Å²) in [6.45, 7) is 7.09. The number of para-hydroxylation sites is 1. The van der Waals surface area contributed by atoms with Gasteiger partial charge in [0.2, 0.25) is 11.2 Å². The molecule has 0 aliphatic heterocycles. The molecule has 0 saturated heterocycles. The third-order valence-corrected chi connectivity index (χ3v) is 5.46. The van der Waals surface area contributed by atoms with Crippen molar-refractivity contribution in [2.24, 2.45) is 0 Å². The van der Waals surface area contributed by atoms with Crippen LogP contribution in [-0.4, -0.2) is 16.3 Å². The van der Waals surface area contributed by atoms with Gasteiger partial charge in [-0.3, -0.25) is 0 Å². The molecular weight excluding hydrogens is 392 g/mol. The van der Waals surface area contributed by atoms with Crippen molar-refractivity contribution in [1.29, 1.82) is 0 Å². The molecule has 0 atom stereocenters. The molecule has 0 aliphatic carbocycles. The number of hydrogen-bond acceptors (Lipinski definition) is 1. The first-order chi connectivity index (χ1) is 14.1. The third-order valence-electron chi connectivity index (χ3n) is 5.46. The Labute approximate surface area is 184 Å². The van der Waals surface area contributed by atoms with Crippen LogP contribution in [0, 0.1) is 20.8 Å². The van der Waals surface area contributed by atoms with Crippen LogP contribution in [0.5, 0.6) is 0 Å². The topological polar surface area (TPSA) is 29.0 Å². The van der Waals surface area contributed by atoms with Crippen LogP contribution in [0.3, 0.4) is 0 Å². The fourth-order valence-electron chi connectivity index (χ4n) is 4.06. The lowest BCUT2D eigenvalue weighted by molar-refractivity contribution is -0.674. The van der Waals surface area contributed by atoms with Crippen LogP contribution < -0.4 is 17.0 Å². The first kappa shape index (κ1) is 21.8. The van der Waals surface area contributed by atoms with E-state index < -0.39 is 0 Å². The van der Waals surface area contributed by atoms with E-state index in [1.54, 1.807) is 0 Å². The summed E-state index contributed by atoms with van der Waals surface area (Å²) < 4.78 is 4.46. The van der Waals surface area contributed by atoms with E-state index >= 15 is 0 Å². The van der Waals surface area contributed by atoms with Gasteiger partial charge in [0, 0.05) is 40.7 Å². The van der Waals surface area contributed by atoms with Gasteiger partial charge in [0.15, 0.2) is 6.54 Å². The summed E-state index contributed by atoms with van der Waals surface area (Å²) in [5, 5.41) is 10.8. The van der Waals surface area contributed by atoms with Crippen molar-refractivity contribution >= 4 is 23.1 Å². The third kappa shape index (κ3) is 4.18. The molecule has 0 saturated carbocycles. The maximum absolute atomic E-state index is 9.61. The Morgan fingerprint density at radius 3 is 2.40 bits per heavy atom. The Kier molecular flexibility index (Phi) is 6.76. The fraction of sp³-hybridized carbons (Fsp3) is 0.192. The van der Waals surface area contributed by atoms with Crippen LogP contribution in [0.15, 0.2) is 66.7 Å². The van der Waals surface area contributed by atoms with Gasteiger partial charge in [-0.15, -0.1) is 0 Å². The number of aliphatic hydroxyl groups excluding tert-OH is 1. The monoisotopic (exact) mass is 418 g/mol. The molecule has 154 valence electrons. The van der Waals surface area contributed by atoms with Crippen molar-refractivity contribution in [2.45, 2.75) is 27.3 Å². The Balaban J connectivity index is 0.00000256. The highest BCUT2D eigenvalue weighted by Gasteiger charge is 2.14. The maximum Gasteiger partial charge on any atom is 0.213 e. The molecular formula is C26H27ClN2O. The van der Waals surface area contributed by atoms with Crippen LogP contribution in [-0.2, 0) is 6.54 Å². The Bertz CT molecular complexity index is 1190. The molecule has 4 aromatic rings. The van der Waals surface area contributed by atoms with Gasteiger partial charge in [0.1, 0.15) is 6.61 Å². The zero-order valence-electron chi connectivity index (χ0n) is 17.6. The molecule has 4 rings (SSSR count). The second-order valence-electron chi connectivity index (χ2n) is 7.53. The molecule has 0 amide bonds. The van der Waals surface area contributed by atoms with Crippen LogP contribution in [0.1, 0.15) is 28.2 Å². The zero-order chi connectivity index (χ0) is 20.4. The smallest absolute Gasteiger partial charge is 0.213 e. The summed E-state index contributed by atoms with van der Waals surface area (Å²) in [4.78, 5) is 0. The van der Waals surface area contributed by atoms with E-state index in [1.807, 2.05) is 6.07 Å². The van der Waals surface area contributed by atoms with Crippen LogP contribution in [0.2, 0.25) is 0 Å². The quantitative estimate of drug-likeness (QED) is 0.493. The highest BCUT2D eigenvalue weighted by Crippen LogP contribution is 2.22. The lowest BCUT2D eigenvalue weighted by Crippen LogP contribution is -3.00. The minimum atomic E-state index is 0. The number of nitrogens with zero attached hydrogens (tertiary/aromatic N) is 2. The van der Waals surface area contributed by atoms with Gasteiger partial charge in [-0.05, 0) is 62.7 Å². The van der Waals surface area contributed by atoms with Gasteiger partial charge < -0.3 is 22.1 Å². The predicted molar refractivity (Wildman–Crippen MR) is 120 cm³/mol. The number of halogens is 1. The summed E-state index contributed by atoms with van der Waals surface area (Å²) in [5.41, 5.74) is 8.27. The first-order valence-corrected chi connectivity index (χ1v) is 10.0. The molecule has 2 aromatic heterocycles. The Hall–Kier alpha value is -2.88. The standard InChI is InChI=1S/C26H27N2O.ClH/c1-19-9-14-26-23(17-19)11-13-24(27(26)15-16-29)12-10-22-18-20(2)28(21(22)3)25-7-5-4-6-8-25;/h4-14,17-18,29H,15-16H2,1-3H3;1H/q+1;/p-1. The average Bonchev–Trinajstić information content (AvgIpc) is 3.01. The van der Waals surface area contributed by atoms with Crippen molar-refractivity contribution < 1.29 is 22.1 Å². The number of benzene rings is 2. The van der Waals surface area contributed by atoms with Gasteiger partial charge >= 0.3 is 0 Å². The second kappa shape index (κ2) is 9.29. The molecule has 2 aromatic carbocycles. The number of hydrogen-bond donors (Lipinski definition) is 1. The minimum Gasteiger partial charge on any atom is -1.00 e. The molecule has 0 spiro atoms. The van der Waals surface area contributed by atoms with E-state index in [0.717, 1.165) is 11.2 Å². The van der Waals surface area contributed by atoms with Crippen molar-refractivity contribution in [3.63, 3.8) is 0 Å². The van der Waals surface area contributed by atoms with E-state index in [2.05, 4.69) is 103 Å². The van der Waals surface area contributed by atoms with Crippen LogP contribution in [0.4, 0.5) is 0 Å². The molecule has 2 heterocycles. The van der Waals surface area contributed by atoms with Crippen molar-refractivity contribution in [2.75, 3.05) is 6.61 Å². The lowest BCUT2D eigenvalue weighted by Gasteiger charge is -2.09. The highest BCUT2D eigenvalue weighted by molar-refractivity contribution is 5.78. The number of aryl methyl sites for hydroxylation is 2. The Morgan fingerprint density at radius 1 is 0.900 bits per heavy atom. The number of aliphatic hydroxyl groups is 1. The van der Waals surface area contributed by atoms with Gasteiger partial charge in [0.05, 0.1) is 0 Å². The molecule has 1 N–H and O–H groups in total. The number of pyridine rings is 1. The van der Waals surface area contributed by atoms with E-state index in [-0.39, 0.29) is 19.0 Å². The first-order valence-electron chi connectivity index (χ1n) is 10.0. The van der Waals surface area contributed by atoms with E-state index in [1.165, 1.54) is 33.6 Å². The molecule has 3 nitrogen and oxygen atoms in total. The SMILES string of the molecule is Cc1ccc2c(ccc(C=Cc3cc(C)n(-c4ccccc4)c3C)[n+]2CCO)c1.[Cl-]. The predicted octanol–water partition coefficient (Wildman–Crippen LogP) is 2.01. The molecule has 0 radical (unpaired) electrons. The molecule has 4 heteroatoms. The van der Waals surface area contributed by atoms with Gasteiger partial charge in [-0.25, -0.2) is 0 Å². The summed E-state index contributed by atoms with van der Waals surface area (Å²) in [6, 6.07) is 23.4. The van der Waals surface area contributed by atoms with Gasteiger partial charge in [0.25, 0.3) is 0 Å². The summed E-state index contributed by atoms with van der Waals surface area (Å²) >= 11 is 0. The van der Waals surface area contributed by atoms with Crippen LogP contribution in [0.25, 0.3) is 28.7 Å². The Morgan fingerprint density at radius 2 is 1.67 bits per heavy atom. The fourth-order valence-corrected chi connectivity index (χ4v) is 4.06. The van der Waals surface area contributed by atoms with Crippen molar-refractivity contribution in [3.8, 4) is 5.69 Å². The van der Waals surface area contributed by atoms with Crippen molar-refractivity contribution in [3.05, 3.63) is 94.9 Å². The lowest BCUT2D eigenvalue weighted by atomic mass is 10.1. The second-order valence-corrected chi connectivity index (χ2v) is 7.53. The summed E-state index contributed by atoms with van der Waals surface area (Å²) in [7, 11) is 0. The summed E-state index contributed by atoms with van der Waals surface area (Å²) in [6.07, 6.45) is 4.32. The van der Waals surface area contributed by atoms with Gasteiger partial charge in [-0.1, -0.05) is 29.8 Å². The van der Waals surface area contributed by atoms with E-state index in [4.69, 9.17) is 0 Å². The van der Waals surface area contributed by atoms with E-state index in [0.29, 0.717) is 6.54 Å². The number of fused-ring (bicyclic) bond motifs is 1. The van der Waals surface area contributed by atoms with E-state index in [9.17, 15) is 5.11 Å². The number of rotatable bonds is 5. The zero-order valence-corrected chi connectivity index (χ0v) is 18.4. The molecule has 0 aliphatic rings. The molecule has 0 unspecified atom stereocenters. The minimum absolute atomic E-state index is 0. The largest absolute Gasteiger partial charge is 1.00 e. The molecule has 30 heavy (non-hydrogen) atoms.